The molecule has 3 aromatic rings. The van der Waals surface area contributed by atoms with E-state index in [1.807, 2.05) is 29.6 Å². The number of hydrogen-bond donors (Lipinski definition) is 1. The first kappa shape index (κ1) is 11.0. The molecule has 2 N–H and O–H groups in total. The van der Waals surface area contributed by atoms with Gasteiger partial charge < -0.3 is 10.3 Å². The van der Waals surface area contributed by atoms with Crippen molar-refractivity contribution in [2.24, 2.45) is 0 Å². The number of hydrogen-bond acceptors (Lipinski definition) is 4. The molecule has 4 nitrogen and oxygen atoms in total. The van der Waals surface area contributed by atoms with Gasteiger partial charge in [0.15, 0.2) is 0 Å². The van der Waals surface area contributed by atoms with Gasteiger partial charge in [0.2, 0.25) is 0 Å². The lowest BCUT2D eigenvalue weighted by Crippen LogP contribution is -2.20. The molecule has 3 aromatic heterocycles. The quantitative estimate of drug-likeness (QED) is 0.764. The third-order valence-corrected chi connectivity index (χ3v) is 3.74. The molecule has 18 heavy (non-hydrogen) atoms. The topological polar surface area (TPSA) is 60.9 Å². The molecule has 0 saturated carbocycles. The summed E-state index contributed by atoms with van der Waals surface area (Å²) in [5.74, 6) is 0.467. The van der Waals surface area contributed by atoms with Crippen LogP contribution in [0.1, 0.15) is 5.56 Å². The van der Waals surface area contributed by atoms with Gasteiger partial charge in [-0.25, -0.2) is 4.98 Å². The largest absolute Gasteiger partial charge is 0.383 e. The fourth-order valence-electron chi connectivity index (χ4n) is 1.90. The second-order valence-corrected chi connectivity index (χ2v) is 4.94. The van der Waals surface area contributed by atoms with E-state index in [0.29, 0.717) is 12.4 Å². The van der Waals surface area contributed by atoms with Crippen LogP contribution >= 0.6 is 11.3 Å². The van der Waals surface area contributed by atoms with Crippen molar-refractivity contribution in [2.45, 2.75) is 6.54 Å². The number of thiophene rings is 1. The number of anilines is 1. The van der Waals surface area contributed by atoms with Gasteiger partial charge in [-0.2, -0.15) is 0 Å². The third kappa shape index (κ3) is 1.78. The van der Waals surface area contributed by atoms with Crippen LogP contribution in [-0.4, -0.2) is 9.55 Å². The maximum absolute atomic E-state index is 12.2. The van der Waals surface area contributed by atoms with Crippen molar-refractivity contribution in [2.75, 3.05) is 5.73 Å². The van der Waals surface area contributed by atoms with E-state index >= 15 is 0 Å². The van der Waals surface area contributed by atoms with Crippen LogP contribution in [-0.2, 0) is 6.54 Å². The molecule has 0 radical (unpaired) electrons. The number of nitrogen functional groups attached to an aromatic ring is 1. The van der Waals surface area contributed by atoms with Gasteiger partial charge in [-0.05, 0) is 23.6 Å². The molecule has 0 aromatic carbocycles. The molecule has 90 valence electrons. The van der Waals surface area contributed by atoms with Crippen molar-refractivity contribution in [3.63, 3.8) is 0 Å². The Bertz CT molecular complexity index is 760. The normalized spacial score (nSPS) is 10.9. The zero-order valence-electron chi connectivity index (χ0n) is 9.54. The molecule has 0 aliphatic heterocycles. The van der Waals surface area contributed by atoms with E-state index in [9.17, 15) is 4.79 Å². The Hall–Kier alpha value is -2.14. The first-order valence-corrected chi connectivity index (χ1v) is 6.40. The number of nitrogens with two attached hydrogens (primary N) is 1. The molecule has 5 heteroatoms. The predicted molar refractivity (Wildman–Crippen MR) is 73.8 cm³/mol. The van der Waals surface area contributed by atoms with Crippen molar-refractivity contribution >= 4 is 27.2 Å². The van der Waals surface area contributed by atoms with Gasteiger partial charge >= 0.3 is 0 Å². The van der Waals surface area contributed by atoms with E-state index in [1.54, 1.807) is 28.3 Å². The minimum atomic E-state index is 0.0111. The molecule has 0 spiro atoms. The van der Waals surface area contributed by atoms with E-state index in [0.717, 1.165) is 15.6 Å². The summed E-state index contributed by atoms with van der Waals surface area (Å²) in [6.45, 7) is 0.449. The Morgan fingerprint density at radius 3 is 3.06 bits per heavy atom. The van der Waals surface area contributed by atoms with E-state index in [-0.39, 0.29) is 5.56 Å². The van der Waals surface area contributed by atoms with Crippen molar-refractivity contribution in [3.8, 4) is 0 Å². The second-order valence-electron chi connectivity index (χ2n) is 4.00. The van der Waals surface area contributed by atoms with E-state index in [1.165, 1.54) is 0 Å². The SMILES string of the molecule is Nc1ncccc1Cn1ccc2sccc2c1=O. The van der Waals surface area contributed by atoms with Gasteiger partial charge in [0, 0.05) is 22.7 Å². The van der Waals surface area contributed by atoms with Crippen LogP contribution < -0.4 is 11.3 Å². The highest BCUT2D eigenvalue weighted by Crippen LogP contribution is 2.17. The number of pyridine rings is 2. The Morgan fingerprint density at radius 1 is 1.33 bits per heavy atom. The number of aromatic nitrogens is 2. The predicted octanol–water partition coefficient (Wildman–Crippen LogP) is 2.09. The highest BCUT2D eigenvalue weighted by Gasteiger charge is 2.06. The summed E-state index contributed by atoms with van der Waals surface area (Å²) in [6, 6.07) is 7.51. The fraction of sp³-hybridized carbons (Fsp3) is 0.0769. The molecule has 3 rings (SSSR count). The number of fused-ring (bicyclic) bond motifs is 1. The van der Waals surface area contributed by atoms with Crippen LogP contribution in [0.5, 0.6) is 0 Å². The van der Waals surface area contributed by atoms with E-state index in [2.05, 4.69) is 4.98 Å². The average Bonchev–Trinajstić information content (AvgIpc) is 2.84. The van der Waals surface area contributed by atoms with Crippen molar-refractivity contribution in [1.29, 1.82) is 0 Å². The smallest absolute Gasteiger partial charge is 0.259 e. The molecule has 0 aliphatic rings. The first-order valence-electron chi connectivity index (χ1n) is 5.52. The molecule has 0 saturated heterocycles. The zero-order valence-corrected chi connectivity index (χ0v) is 10.4. The average molecular weight is 257 g/mol. The lowest BCUT2D eigenvalue weighted by atomic mass is 10.2. The Kier molecular flexibility index (Phi) is 2.60. The van der Waals surface area contributed by atoms with Crippen LogP contribution in [0.4, 0.5) is 5.82 Å². The monoisotopic (exact) mass is 257 g/mol. The molecule has 0 fully saturated rings. The molecule has 3 heterocycles. The maximum Gasteiger partial charge on any atom is 0.259 e. The van der Waals surface area contributed by atoms with Crippen molar-refractivity contribution in [1.82, 2.24) is 9.55 Å². The Morgan fingerprint density at radius 2 is 2.22 bits per heavy atom. The van der Waals surface area contributed by atoms with Crippen LogP contribution in [0.2, 0.25) is 0 Å². The molecule has 0 aliphatic carbocycles. The van der Waals surface area contributed by atoms with E-state index < -0.39 is 0 Å². The van der Waals surface area contributed by atoms with E-state index in [4.69, 9.17) is 5.73 Å². The lowest BCUT2D eigenvalue weighted by molar-refractivity contribution is 0.767. The number of rotatable bonds is 2. The first-order chi connectivity index (χ1) is 8.75. The van der Waals surface area contributed by atoms with Crippen LogP contribution in [0, 0.1) is 0 Å². The number of nitrogens with zero attached hydrogens (tertiary/aromatic N) is 2. The molecule has 0 amide bonds. The van der Waals surface area contributed by atoms with Gasteiger partial charge in [0.1, 0.15) is 5.82 Å². The maximum atomic E-state index is 12.2. The summed E-state index contributed by atoms with van der Waals surface area (Å²) in [4.78, 5) is 16.2. The highest BCUT2D eigenvalue weighted by atomic mass is 32.1. The van der Waals surface area contributed by atoms with Crippen molar-refractivity contribution < 1.29 is 0 Å². The standard InChI is InChI=1S/C13H11N3OS/c14-12-9(2-1-5-15-12)8-16-6-3-11-10(13(16)17)4-7-18-11/h1-7H,8H2,(H2,14,15). The summed E-state index contributed by atoms with van der Waals surface area (Å²) in [5.41, 5.74) is 6.65. The lowest BCUT2D eigenvalue weighted by Gasteiger charge is -2.07. The van der Waals surface area contributed by atoms with Gasteiger partial charge in [-0.3, -0.25) is 4.79 Å². The summed E-state index contributed by atoms with van der Waals surface area (Å²) < 4.78 is 2.66. The summed E-state index contributed by atoms with van der Waals surface area (Å²) >= 11 is 1.57. The second kappa shape index (κ2) is 4.27. The van der Waals surface area contributed by atoms with Crippen LogP contribution in [0.15, 0.2) is 46.8 Å². The minimum Gasteiger partial charge on any atom is -0.383 e. The summed E-state index contributed by atoms with van der Waals surface area (Å²) in [6.07, 6.45) is 3.44. The van der Waals surface area contributed by atoms with Gasteiger partial charge in [0.05, 0.1) is 11.9 Å². The molecular weight excluding hydrogens is 246 g/mol. The summed E-state index contributed by atoms with van der Waals surface area (Å²) in [5, 5.41) is 2.68. The van der Waals surface area contributed by atoms with Gasteiger partial charge in [-0.1, -0.05) is 6.07 Å². The highest BCUT2D eigenvalue weighted by molar-refractivity contribution is 7.17. The van der Waals surface area contributed by atoms with Gasteiger partial charge in [0.25, 0.3) is 5.56 Å². The van der Waals surface area contributed by atoms with Crippen molar-refractivity contribution in [3.05, 3.63) is 58.0 Å². The molecule has 0 atom stereocenters. The minimum absolute atomic E-state index is 0.0111. The molecular formula is C13H11N3OS. The van der Waals surface area contributed by atoms with Gasteiger partial charge in [-0.15, -0.1) is 11.3 Å². The zero-order chi connectivity index (χ0) is 12.5. The van der Waals surface area contributed by atoms with Crippen LogP contribution in [0.3, 0.4) is 0 Å². The van der Waals surface area contributed by atoms with Crippen LogP contribution in [0.25, 0.3) is 10.1 Å². The Balaban J connectivity index is 2.08. The third-order valence-electron chi connectivity index (χ3n) is 2.86. The molecule has 0 bridgehead atoms. The summed E-state index contributed by atoms with van der Waals surface area (Å²) in [7, 11) is 0. The fourth-order valence-corrected chi connectivity index (χ4v) is 2.67. The Labute approximate surface area is 107 Å². The molecule has 0 unspecified atom stereocenters.